The van der Waals surface area contributed by atoms with Gasteiger partial charge in [-0.1, -0.05) is 60.5 Å². The largest absolute Gasteiger partial charge is 0.495 e. The van der Waals surface area contributed by atoms with E-state index in [1.807, 2.05) is 20.8 Å². The highest BCUT2D eigenvalue weighted by Gasteiger charge is 2.35. The summed E-state index contributed by atoms with van der Waals surface area (Å²) in [6.45, 7) is 6.52. The predicted molar refractivity (Wildman–Crippen MR) is 163 cm³/mol. The minimum absolute atomic E-state index is 0.00153. The van der Waals surface area contributed by atoms with Crippen LogP contribution in [0.5, 0.6) is 5.75 Å². The molecule has 0 fully saturated rings. The number of nitrogens with one attached hydrogen (secondary N) is 1. The third kappa shape index (κ3) is 7.72. The van der Waals surface area contributed by atoms with Crippen molar-refractivity contribution in [2.45, 2.75) is 57.6 Å². The maximum absolute atomic E-state index is 14.2. The molecule has 0 aromatic heterocycles. The van der Waals surface area contributed by atoms with Gasteiger partial charge in [-0.25, -0.2) is 8.42 Å². The number of hydrogen-bond donors (Lipinski definition) is 1. The number of nitrogens with zero attached hydrogens (tertiary/aromatic N) is 2. The Balaban J connectivity index is 2.16. The SMILES string of the molecule is CC[C@@H](C(=O)NC(C)C)N(Cc1c(Cl)cccc1Cl)C(=O)CN(c1cc(C)ccc1OC)S(=O)(=O)c1ccccc1. The summed E-state index contributed by atoms with van der Waals surface area (Å²) in [6, 6.07) is 16.8. The summed E-state index contributed by atoms with van der Waals surface area (Å²) in [4.78, 5) is 28.8. The van der Waals surface area contributed by atoms with Crippen LogP contribution in [0.4, 0.5) is 5.69 Å². The van der Waals surface area contributed by atoms with Gasteiger partial charge in [0.15, 0.2) is 0 Å². The number of methoxy groups -OCH3 is 1. The van der Waals surface area contributed by atoms with Gasteiger partial charge in [-0.05, 0) is 69.2 Å². The number of carbonyl (C=O) groups is 2. The Labute approximate surface area is 252 Å². The van der Waals surface area contributed by atoms with Crippen LogP contribution in [0.1, 0.15) is 38.3 Å². The number of ether oxygens (including phenoxy) is 1. The minimum Gasteiger partial charge on any atom is -0.495 e. The fourth-order valence-corrected chi connectivity index (χ4v) is 6.34. The molecule has 220 valence electrons. The highest BCUT2D eigenvalue weighted by molar-refractivity contribution is 7.92. The van der Waals surface area contributed by atoms with Gasteiger partial charge in [0.05, 0.1) is 17.7 Å². The van der Waals surface area contributed by atoms with E-state index in [9.17, 15) is 18.0 Å². The number of rotatable bonds is 12. The molecule has 0 unspecified atom stereocenters. The molecule has 1 atom stereocenters. The van der Waals surface area contributed by atoms with Crippen molar-refractivity contribution in [1.82, 2.24) is 10.2 Å². The Morgan fingerprint density at radius 3 is 2.17 bits per heavy atom. The minimum atomic E-state index is -4.24. The number of carbonyl (C=O) groups excluding carboxylic acids is 2. The quantitative estimate of drug-likeness (QED) is 0.275. The second-order valence-corrected chi connectivity index (χ2v) is 12.5. The summed E-state index contributed by atoms with van der Waals surface area (Å²) in [7, 11) is -2.81. The van der Waals surface area contributed by atoms with Crippen LogP contribution in [0.2, 0.25) is 10.0 Å². The van der Waals surface area contributed by atoms with Crippen LogP contribution in [0.3, 0.4) is 0 Å². The molecule has 0 aliphatic carbocycles. The van der Waals surface area contributed by atoms with Crippen molar-refractivity contribution in [1.29, 1.82) is 0 Å². The molecule has 0 saturated carbocycles. The van der Waals surface area contributed by atoms with Crippen molar-refractivity contribution in [3.63, 3.8) is 0 Å². The average molecular weight is 621 g/mol. The Kier molecular flexibility index (Phi) is 11.1. The van der Waals surface area contributed by atoms with E-state index in [1.165, 1.54) is 24.1 Å². The lowest BCUT2D eigenvalue weighted by molar-refractivity contribution is -0.140. The number of hydrogen-bond acceptors (Lipinski definition) is 5. The first-order valence-corrected chi connectivity index (χ1v) is 15.3. The van der Waals surface area contributed by atoms with E-state index in [-0.39, 0.29) is 41.2 Å². The zero-order valence-corrected chi connectivity index (χ0v) is 26.1. The van der Waals surface area contributed by atoms with Crippen LogP contribution in [-0.4, -0.2) is 50.9 Å². The lowest BCUT2D eigenvalue weighted by atomic mass is 10.1. The molecule has 3 aromatic carbocycles. The topological polar surface area (TPSA) is 96.0 Å². The van der Waals surface area contributed by atoms with Gasteiger partial charge in [0.25, 0.3) is 10.0 Å². The van der Waals surface area contributed by atoms with Gasteiger partial charge in [-0.2, -0.15) is 0 Å². The highest BCUT2D eigenvalue weighted by Crippen LogP contribution is 2.34. The molecule has 0 heterocycles. The molecule has 0 spiro atoms. The highest BCUT2D eigenvalue weighted by atomic mass is 35.5. The van der Waals surface area contributed by atoms with Crippen LogP contribution < -0.4 is 14.4 Å². The van der Waals surface area contributed by atoms with Gasteiger partial charge >= 0.3 is 0 Å². The van der Waals surface area contributed by atoms with E-state index in [0.29, 0.717) is 15.6 Å². The summed E-state index contributed by atoms with van der Waals surface area (Å²) in [5.41, 5.74) is 1.41. The number of anilines is 1. The second-order valence-electron chi connectivity index (χ2n) is 9.81. The van der Waals surface area contributed by atoms with Gasteiger partial charge in [-0.3, -0.25) is 13.9 Å². The normalized spacial score (nSPS) is 12.1. The third-order valence-electron chi connectivity index (χ3n) is 6.42. The van der Waals surface area contributed by atoms with Gasteiger partial charge in [-0.15, -0.1) is 0 Å². The summed E-state index contributed by atoms with van der Waals surface area (Å²) in [6.07, 6.45) is 0.269. The van der Waals surface area contributed by atoms with Gasteiger partial charge in [0.2, 0.25) is 11.8 Å². The molecule has 2 amide bonds. The molecular formula is C30H35Cl2N3O5S. The van der Waals surface area contributed by atoms with E-state index >= 15 is 0 Å². The number of benzene rings is 3. The van der Waals surface area contributed by atoms with Crippen molar-refractivity contribution < 1.29 is 22.7 Å². The molecule has 3 aromatic rings. The van der Waals surface area contributed by atoms with E-state index in [4.69, 9.17) is 27.9 Å². The first kappa shape index (κ1) is 32.2. The maximum atomic E-state index is 14.2. The maximum Gasteiger partial charge on any atom is 0.264 e. The Bertz CT molecular complexity index is 1460. The van der Waals surface area contributed by atoms with E-state index in [0.717, 1.165) is 9.87 Å². The number of amides is 2. The summed E-state index contributed by atoms with van der Waals surface area (Å²) >= 11 is 12.9. The molecule has 0 aliphatic heterocycles. The van der Waals surface area contributed by atoms with Crippen LogP contribution in [0.15, 0.2) is 71.6 Å². The number of sulfonamides is 1. The standard InChI is InChI=1S/C30H35Cl2N3O5S/c1-6-26(30(37)33-20(2)3)34(18-23-24(31)13-10-14-25(23)32)29(36)19-35(27-17-21(4)15-16-28(27)40-5)41(38,39)22-11-8-7-9-12-22/h7-17,20,26H,6,18-19H2,1-5H3,(H,33,37)/t26-/m0/s1. The van der Waals surface area contributed by atoms with Gasteiger partial charge in [0, 0.05) is 28.2 Å². The second kappa shape index (κ2) is 14.1. The Morgan fingerprint density at radius 1 is 0.976 bits per heavy atom. The fraction of sp³-hybridized carbons (Fsp3) is 0.333. The summed E-state index contributed by atoms with van der Waals surface area (Å²) < 4.78 is 34.6. The molecule has 3 rings (SSSR count). The third-order valence-corrected chi connectivity index (χ3v) is 8.90. The van der Waals surface area contributed by atoms with Crippen LogP contribution in [0.25, 0.3) is 0 Å². The Morgan fingerprint density at radius 2 is 1.61 bits per heavy atom. The molecule has 8 nitrogen and oxygen atoms in total. The molecule has 0 saturated heterocycles. The van der Waals surface area contributed by atoms with E-state index in [1.54, 1.807) is 61.5 Å². The zero-order chi connectivity index (χ0) is 30.3. The Hall–Kier alpha value is -3.27. The van der Waals surface area contributed by atoms with Gasteiger partial charge < -0.3 is 15.0 Å². The summed E-state index contributed by atoms with van der Waals surface area (Å²) in [5.74, 6) is -0.715. The lowest BCUT2D eigenvalue weighted by Crippen LogP contribution is -2.53. The summed E-state index contributed by atoms with van der Waals surface area (Å²) in [5, 5.41) is 3.51. The fourth-order valence-electron chi connectivity index (χ4n) is 4.38. The first-order valence-electron chi connectivity index (χ1n) is 13.2. The first-order chi connectivity index (χ1) is 19.4. The van der Waals surface area contributed by atoms with Crippen molar-refractivity contribution in [3.05, 3.63) is 87.9 Å². The van der Waals surface area contributed by atoms with Crippen molar-refractivity contribution in [2.24, 2.45) is 0 Å². The molecule has 0 bridgehead atoms. The smallest absolute Gasteiger partial charge is 0.264 e. The van der Waals surface area contributed by atoms with Crippen molar-refractivity contribution in [2.75, 3.05) is 18.0 Å². The number of halogens is 2. The predicted octanol–water partition coefficient (Wildman–Crippen LogP) is 5.84. The van der Waals surface area contributed by atoms with Crippen LogP contribution in [-0.2, 0) is 26.2 Å². The molecule has 1 N–H and O–H groups in total. The zero-order valence-electron chi connectivity index (χ0n) is 23.7. The van der Waals surface area contributed by atoms with E-state index in [2.05, 4.69) is 5.32 Å². The molecule has 11 heteroatoms. The molecule has 0 aliphatic rings. The molecule has 41 heavy (non-hydrogen) atoms. The van der Waals surface area contributed by atoms with Crippen LogP contribution >= 0.6 is 23.2 Å². The van der Waals surface area contributed by atoms with Crippen LogP contribution in [0, 0.1) is 6.92 Å². The molecule has 0 radical (unpaired) electrons. The van der Waals surface area contributed by atoms with E-state index < -0.39 is 28.5 Å². The van der Waals surface area contributed by atoms with Gasteiger partial charge in [0.1, 0.15) is 18.3 Å². The monoisotopic (exact) mass is 619 g/mol. The average Bonchev–Trinajstić information content (AvgIpc) is 2.93. The number of aryl methyl sites for hydroxylation is 1. The van der Waals surface area contributed by atoms with Crippen molar-refractivity contribution >= 4 is 50.7 Å². The van der Waals surface area contributed by atoms with Crippen molar-refractivity contribution in [3.8, 4) is 5.75 Å². The lowest BCUT2D eigenvalue weighted by Gasteiger charge is -2.34. The molecular weight excluding hydrogens is 585 g/mol.